The minimum atomic E-state index is -0.982. The Bertz CT molecular complexity index is 950. The summed E-state index contributed by atoms with van der Waals surface area (Å²) in [6.07, 6.45) is 0.433. The van der Waals surface area contributed by atoms with Gasteiger partial charge in [-0.25, -0.2) is 4.79 Å². The first-order valence-corrected chi connectivity index (χ1v) is 11.1. The van der Waals surface area contributed by atoms with Crippen molar-refractivity contribution in [3.8, 4) is 0 Å². The lowest BCUT2D eigenvalue weighted by Gasteiger charge is -2.18. The number of benzene rings is 1. The molecule has 2 N–H and O–H groups in total. The van der Waals surface area contributed by atoms with E-state index in [0.29, 0.717) is 26.6 Å². The van der Waals surface area contributed by atoms with Crippen LogP contribution < -0.4 is 10.6 Å². The minimum absolute atomic E-state index is 0.271. The summed E-state index contributed by atoms with van der Waals surface area (Å²) in [5.74, 6) is -0.458. The smallest absolute Gasteiger partial charge is 0.323 e. The molecule has 0 saturated carbocycles. The molecule has 0 aliphatic carbocycles. The van der Waals surface area contributed by atoms with Gasteiger partial charge in [-0.3, -0.25) is 19.8 Å². The normalized spacial score (nSPS) is 18.8. The SMILES string of the molecule is CCC1(C)NC(=O)N(CC(=O)Nc2nnc(SCc3c(Cl)cccc3Cl)s2)C1=O. The van der Waals surface area contributed by atoms with Crippen LogP contribution in [0.15, 0.2) is 22.5 Å². The third-order valence-corrected chi connectivity index (χ3v) is 7.12. The molecule has 1 unspecified atom stereocenters. The molecule has 1 aromatic heterocycles. The van der Waals surface area contributed by atoms with Crippen LogP contribution in [0.5, 0.6) is 0 Å². The Morgan fingerprint density at radius 3 is 2.62 bits per heavy atom. The molecule has 0 bridgehead atoms. The number of carbonyl (C=O) groups is 3. The molecule has 0 radical (unpaired) electrons. The van der Waals surface area contributed by atoms with Crippen LogP contribution in [-0.4, -0.2) is 45.0 Å². The first kappa shape index (κ1) is 21.8. The van der Waals surface area contributed by atoms with Crippen LogP contribution in [0.1, 0.15) is 25.8 Å². The third-order valence-electron chi connectivity index (χ3n) is 4.41. The van der Waals surface area contributed by atoms with Gasteiger partial charge in [-0.05, 0) is 31.0 Å². The number of aromatic nitrogens is 2. The first-order chi connectivity index (χ1) is 13.7. The van der Waals surface area contributed by atoms with Crippen LogP contribution in [0.3, 0.4) is 0 Å². The lowest BCUT2D eigenvalue weighted by molar-refractivity contribution is -0.133. The van der Waals surface area contributed by atoms with Gasteiger partial charge in [-0.1, -0.05) is 59.3 Å². The summed E-state index contributed by atoms with van der Waals surface area (Å²) in [6.45, 7) is 3.03. The van der Waals surface area contributed by atoms with Crippen molar-refractivity contribution in [3.63, 3.8) is 0 Å². The third kappa shape index (κ3) is 4.82. The van der Waals surface area contributed by atoms with Gasteiger partial charge in [-0.15, -0.1) is 10.2 Å². The van der Waals surface area contributed by atoms with Gasteiger partial charge in [0, 0.05) is 15.8 Å². The number of anilines is 1. The number of hydrogen-bond acceptors (Lipinski definition) is 7. The number of halogens is 2. The first-order valence-electron chi connectivity index (χ1n) is 8.56. The Morgan fingerprint density at radius 2 is 2.00 bits per heavy atom. The topological polar surface area (TPSA) is 104 Å². The zero-order valence-electron chi connectivity index (χ0n) is 15.5. The highest BCUT2D eigenvalue weighted by molar-refractivity contribution is 8.00. The number of hydrogen-bond donors (Lipinski definition) is 2. The fraction of sp³-hybridized carbons (Fsp3) is 0.353. The maximum Gasteiger partial charge on any atom is 0.325 e. The molecule has 29 heavy (non-hydrogen) atoms. The fourth-order valence-corrected chi connectivity index (χ4v) is 5.07. The summed E-state index contributed by atoms with van der Waals surface area (Å²) in [4.78, 5) is 37.5. The molecule has 154 valence electrons. The summed E-state index contributed by atoms with van der Waals surface area (Å²) < 4.78 is 0.616. The highest BCUT2D eigenvalue weighted by Gasteiger charge is 2.47. The standard InChI is InChI=1S/C17H17Cl2N5O3S2/c1-3-17(2)13(26)24(15(27)21-17)7-12(25)20-14-22-23-16(29-14)28-8-9-10(18)5-4-6-11(9)19/h4-6H,3,7-8H2,1-2H3,(H,21,27)(H,20,22,25). The average molecular weight is 474 g/mol. The van der Waals surface area contributed by atoms with Gasteiger partial charge >= 0.3 is 6.03 Å². The fourth-order valence-electron chi connectivity index (χ4n) is 2.56. The van der Waals surface area contributed by atoms with Crippen molar-refractivity contribution in [2.45, 2.75) is 35.9 Å². The van der Waals surface area contributed by atoms with Crippen LogP contribution in [-0.2, 0) is 15.3 Å². The molecule has 8 nitrogen and oxygen atoms in total. The number of rotatable bonds is 7. The molecule has 1 aliphatic rings. The van der Waals surface area contributed by atoms with E-state index in [4.69, 9.17) is 23.2 Å². The molecule has 1 aromatic carbocycles. The van der Waals surface area contributed by atoms with Crippen molar-refractivity contribution in [1.82, 2.24) is 20.4 Å². The maximum absolute atomic E-state index is 12.3. The van der Waals surface area contributed by atoms with Crippen LogP contribution >= 0.6 is 46.3 Å². The van der Waals surface area contributed by atoms with Gasteiger partial charge in [0.1, 0.15) is 12.1 Å². The second-order valence-electron chi connectivity index (χ2n) is 6.42. The van der Waals surface area contributed by atoms with Crippen molar-refractivity contribution in [1.29, 1.82) is 0 Å². The van der Waals surface area contributed by atoms with Gasteiger partial charge in [-0.2, -0.15) is 0 Å². The van der Waals surface area contributed by atoms with Crippen LogP contribution in [0.2, 0.25) is 10.0 Å². The number of thioether (sulfide) groups is 1. The molecule has 2 aromatic rings. The van der Waals surface area contributed by atoms with E-state index >= 15 is 0 Å². The van der Waals surface area contributed by atoms with Gasteiger partial charge < -0.3 is 5.32 Å². The Hall–Kier alpha value is -1.88. The van der Waals surface area contributed by atoms with Gasteiger partial charge in [0.15, 0.2) is 4.34 Å². The van der Waals surface area contributed by atoms with Gasteiger partial charge in [0.05, 0.1) is 0 Å². The Balaban J connectivity index is 1.57. The maximum atomic E-state index is 12.3. The highest BCUT2D eigenvalue weighted by atomic mass is 35.5. The molecule has 12 heteroatoms. The zero-order valence-corrected chi connectivity index (χ0v) is 18.6. The molecular formula is C17H17Cl2N5O3S2. The highest BCUT2D eigenvalue weighted by Crippen LogP contribution is 2.33. The Morgan fingerprint density at radius 1 is 1.31 bits per heavy atom. The quantitative estimate of drug-likeness (QED) is 0.360. The van der Waals surface area contributed by atoms with E-state index in [2.05, 4.69) is 20.8 Å². The molecular weight excluding hydrogens is 457 g/mol. The number of amides is 4. The van der Waals surface area contributed by atoms with Crippen molar-refractivity contribution in [2.24, 2.45) is 0 Å². The summed E-state index contributed by atoms with van der Waals surface area (Å²) in [5, 5.41) is 14.5. The van der Waals surface area contributed by atoms with E-state index in [9.17, 15) is 14.4 Å². The minimum Gasteiger partial charge on any atom is -0.323 e. The number of imide groups is 1. The predicted molar refractivity (Wildman–Crippen MR) is 114 cm³/mol. The molecule has 4 amide bonds. The van der Waals surface area contributed by atoms with Crippen molar-refractivity contribution in [2.75, 3.05) is 11.9 Å². The molecule has 0 spiro atoms. The van der Waals surface area contributed by atoms with E-state index < -0.39 is 29.9 Å². The van der Waals surface area contributed by atoms with E-state index in [-0.39, 0.29) is 5.13 Å². The summed E-state index contributed by atoms with van der Waals surface area (Å²) >= 11 is 14.9. The summed E-state index contributed by atoms with van der Waals surface area (Å²) in [6, 6.07) is 4.70. The molecule has 1 fully saturated rings. The molecule has 1 saturated heterocycles. The second kappa shape index (κ2) is 8.86. The van der Waals surface area contributed by atoms with E-state index in [1.54, 1.807) is 32.0 Å². The number of urea groups is 1. The van der Waals surface area contributed by atoms with E-state index in [1.807, 2.05) is 0 Å². The van der Waals surface area contributed by atoms with Crippen molar-refractivity contribution >= 4 is 69.3 Å². The monoisotopic (exact) mass is 473 g/mol. The Labute approximate surface area is 185 Å². The molecule has 1 aliphatic heterocycles. The van der Waals surface area contributed by atoms with Crippen molar-refractivity contribution in [3.05, 3.63) is 33.8 Å². The van der Waals surface area contributed by atoms with E-state index in [0.717, 1.165) is 10.5 Å². The predicted octanol–water partition coefficient (Wildman–Crippen LogP) is 3.80. The number of carbonyl (C=O) groups excluding carboxylic acids is 3. The van der Waals surface area contributed by atoms with E-state index in [1.165, 1.54) is 23.1 Å². The number of nitrogens with one attached hydrogen (secondary N) is 2. The lowest BCUT2D eigenvalue weighted by Crippen LogP contribution is -2.44. The van der Waals surface area contributed by atoms with Gasteiger partial charge in [0.25, 0.3) is 5.91 Å². The van der Waals surface area contributed by atoms with Crippen LogP contribution in [0.4, 0.5) is 9.93 Å². The van der Waals surface area contributed by atoms with Crippen LogP contribution in [0, 0.1) is 0 Å². The zero-order chi connectivity index (χ0) is 21.2. The lowest BCUT2D eigenvalue weighted by atomic mass is 9.99. The average Bonchev–Trinajstić information content (AvgIpc) is 3.19. The molecule has 3 rings (SSSR count). The molecule has 2 heterocycles. The van der Waals surface area contributed by atoms with Crippen molar-refractivity contribution < 1.29 is 14.4 Å². The van der Waals surface area contributed by atoms with Gasteiger partial charge in [0.2, 0.25) is 11.0 Å². The second-order valence-corrected chi connectivity index (χ2v) is 9.43. The summed E-state index contributed by atoms with van der Waals surface area (Å²) in [7, 11) is 0. The number of nitrogens with zero attached hydrogens (tertiary/aromatic N) is 3. The summed E-state index contributed by atoms with van der Waals surface area (Å²) in [5.41, 5.74) is -0.191. The Kier molecular flexibility index (Phi) is 6.67. The molecule has 1 atom stereocenters. The van der Waals surface area contributed by atoms with Crippen LogP contribution in [0.25, 0.3) is 0 Å². The largest absolute Gasteiger partial charge is 0.325 e.